The summed E-state index contributed by atoms with van der Waals surface area (Å²) >= 11 is 0. The Morgan fingerprint density at radius 3 is 2.18 bits per heavy atom. The Hall–Kier alpha value is -1.32. The number of amides is 2. The first kappa shape index (κ1) is 9.68. The second-order valence-corrected chi connectivity index (χ2v) is 1.96. The highest BCUT2D eigenvalue weighted by atomic mass is 16.2. The highest BCUT2D eigenvalue weighted by Gasteiger charge is 2.05. The van der Waals surface area contributed by atoms with Crippen LogP contribution in [0.3, 0.4) is 0 Å². The highest BCUT2D eigenvalue weighted by Crippen LogP contribution is 1.87. The van der Waals surface area contributed by atoms with Gasteiger partial charge in [0.25, 0.3) is 5.91 Å². The van der Waals surface area contributed by atoms with Crippen LogP contribution >= 0.6 is 0 Å². The summed E-state index contributed by atoms with van der Waals surface area (Å²) in [5.41, 5.74) is 0.278. The van der Waals surface area contributed by atoms with Crippen LogP contribution in [0, 0.1) is 0 Å². The first-order valence-electron chi connectivity index (χ1n) is 3.27. The van der Waals surface area contributed by atoms with Crippen LogP contribution in [0.15, 0.2) is 11.8 Å². The van der Waals surface area contributed by atoms with Crippen LogP contribution < -0.4 is 10.6 Å². The molecule has 0 atom stereocenters. The molecule has 0 rings (SSSR count). The highest BCUT2D eigenvalue weighted by molar-refractivity contribution is 5.96. The largest absolute Gasteiger partial charge is 0.354 e. The van der Waals surface area contributed by atoms with Crippen LogP contribution in [-0.2, 0) is 9.59 Å². The molecule has 4 heteroatoms. The van der Waals surface area contributed by atoms with E-state index in [1.165, 1.54) is 14.0 Å². The molecule has 0 aliphatic heterocycles. The summed E-state index contributed by atoms with van der Waals surface area (Å²) in [4.78, 5) is 21.4. The summed E-state index contributed by atoms with van der Waals surface area (Å²) < 4.78 is 0. The van der Waals surface area contributed by atoms with E-state index in [0.29, 0.717) is 0 Å². The first-order chi connectivity index (χ1) is 5.11. The average Bonchev–Trinajstić information content (AvgIpc) is 1.98. The Bertz CT molecular complexity index is 197. The molecule has 11 heavy (non-hydrogen) atoms. The lowest BCUT2D eigenvalue weighted by Gasteiger charge is -2.04. The van der Waals surface area contributed by atoms with Gasteiger partial charge in [-0.05, 0) is 6.92 Å². The van der Waals surface area contributed by atoms with Crippen molar-refractivity contribution < 1.29 is 9.59 Å². The molecule has 0 saturated carbocycles. The molecule has 0 saturated heterocycles. The minimum atomic E-state index is -0.289. The number of hydrogen-bond acceptors (Lipinski definition) is 2. The quantitative estimate of drug-likeness (QED) is 0.543. The van der Waals surface area contributed by atoms with E-state index >= 15 is 0 Å². The Morgan fingerprint density at radius 2 is 1.91 bits per heavy atom. The van der Waals surface area contributed by atoms with E-state index < -0.39 is 0 Å². The number of likely N-dealkylation sites (N-methyl/N-ethyl adjacent to an activating group) is 1. The molecule has 0 aromatic heterocycles. The van der Waals surface area contributed by atoms with Gasteiger partial charge in [0.1, 0.15) is 5.70 Å². The van der Waals surface area contributed by atoms with Gasteiger partial charge in [0.15, 0.2) is 0 Å². The summed E-state index contributed by atoms with van der Waals surface area (Å²) in [5.74, 6) is -0.538. The number of rotatable bonds is 2. The van der Waals surface area contributed by atoms with Gasteiger partial charge >= 0.3 is 0 Å². The van der Waals surface area contributed by atoms with Crippen molar-refractivity contribution in [2.75, 3.05) is 7.05 Å². The molecular weight excluding hydrogens is 144 g/mol. The summed E-state index contributed by atoms with van der Waals surface area (Å²) in [6.07, 6.45) is 1.54. The van der Waals surface area contributed by atoms with Crippen LogP contribution in [0.2, 0.25) is 0 Å². The summed E-state index contributed by atoms with van der Waals surface area (Å²) in [7, 11) is 1.51. The average molecular weight is 156 g/mol. The summed E-state index contributed by atoms with van der Waals surface area (Å²) in [6, 6.07) is 0. The lowest BCUT2D eigenvalue weighted by Crippen LogP contribution is -2.31. The third-order valence-electron chi connectivity index (χ3n) is 1.07. The third-order valence-corrected chi connectivity index (χ3v) is 1.07. The van der Waals surface area contributed by atoms with Gasteiger partial charge < -0.3 is 10.6 Å². The molecular formula is C7H12N2O2. The fourth-order valence-electron chi connectivity index (χ4n) is 0.584. The number of allylic oxidation sites excluding steroid dienone is 1. The number of carbonyl (C=O) groups excluding carboxylic acids is 2. The predicted octanol–water partition coefficient (Wildman–Crippen LogP) is -0.228. The normalized spacial score (nSPS) is 10.6. The lowest BCUT2D eigenvalue weighted by atomic mass is 10.4. The molecule has 0 heterocycles. The van der Waals surface area contributed by atoms with Crippen molar-refractivity contribution in [1.29, 1.82) is 0 Å². The maximum absolute atomic E-state index is 10.9. The van der Waals surface area contributed by atoms with Crippen molar-refractivity contribution in [3.63, 3.8) is 0 Å². The Kier molecular flexibility index (Phi) is 3.95. The Morgan fingerprint density at radius 1 is 1.36 bits per heavy atom. The van der Waals surface area contributed by atoms with Crippen molar-refractivity contribution in [2.45, 2.75) is 13.8 Å². The Balaban J connectivity index is 4.20. The molecule has 0 aliphatic carbocycles. The standard InChI is InChI=1S/C7H12N2O2/c1-4-6(7(11)8-3)9-5(2)10/h4H,1-3H3,(H,8,11)(H,9,10). The van der Waals surface area contributed by atoms with E-state index in [2.05, 4.69) is 10.6 Å². The van der Waals surface area contributed by atoms with Gasteiger partial charge in [0, 0.05) is 14.0 Å². The van der Waals surface area contributed by atoms with Crippen molar-refractivity contribution in [3.05, 3.63) is 11.8 Å². The van der Waals surface area contributed by atoms with Gasteiger partial charge in [-0.25, -0.2) is 0 Å². The SMILES string of the molecule is CC=C(NC(C)=O)C(=O)NC. The maximum atomic E-state index is 10.9. The fourth-order valence-corrected chi connectivity index (χ4v) is 0.584. The van der Waals surface area contributed by atoms with Crippen LogP contribution in [0.4, 0.5) is 0 Å². The van der Waals surface area contributed by atoms with E-state index in [9.17, 15) is 9.59 Å². The zero-order valence-electron chi connectivity index (χ0n) is 6.89. The molecule has 0 bridgehead atoms. The van der Waals surface area contributed by atoms with Gasteiger partial charge in [-0.3, -0.25) is 9.59 Å². The molecule has 0 spiro atoms. The van der Waals surface area contributed by atoms with E-state index in [1.807, 2.05) is 0 Å². The van der Waals surface area contributed by atoms with Crippen molar-refractivity contribution in [3.8, 4) is 0 Å². The van der Waals surface area contributed by atoms with E-state index in [0.717, 1.165) is 0 Å². The summed E-state index contributed by atoms with van der Waals surface area (Å²) in [5, 5.41) is 4.79. The summed E-state index contributed by atoms with van der Waals surface area (Å²) in [6.45, 7) is 3.03. The number of hydrogen-bond donors (Lipinski definition) is 2. The molecule has 62 valence electrons. The van der Waals surface area contributed by atoms with Crippen molar-refractivity contribution >= 4 is 11.8 Å². The van der Waals surface area contributed by atoms with Gasteiger partial charge in [-0.1, -0.05) is 6.08 Å². The van der Waals surface area contributed by atoms with Crippen molar-refractivity contribution in [2.24, 2.45) is 0 Å². The molecule has 0 unspecified atom stereocenters. The molecule has 4 nitrogen and oxygen atoms in total. The third kappa shape index (κ3) is 3.40. The lowest BCUT2D eigenvalue weighted by molar-refractivity contribution is -0.122. The maximum Gasteiger partial charge on any atom is 0.267 e. The molecule has 2 amide bonds. The minimum absolute atomic E-state index is 0.248. The second-order valence-electron chi connectivity index (χ2n) is 1.96. The number of nitrogens with one attached hydrogen (secondary N) is 2. The zero-order chi connectivity index (χ0) is 8.85. The van der Waals surface area contributed by atoms with Crippen LogP contribution in [0.25, 0.3) is 0 Å². The topological polar surface area (TPSA) is 58.2 Å². The molecule has 0 aromatic carbocycles. The predicted molar refractivity (Wildman–Crippen MR) is 41.6 cm³/mol. The molecule has 0 radical (unpaired) electrons. The van der Waals surface area contributed by atoms with Gasteiger partial charge in [0.05, 0.1) is 0 Å². The van der Waals surface area contributed by atoms with Crippen LogP contribution in [-0.4, -0.2) is 18.9 Å². The zero-order valence-corrected chi connectivity index (χ0v) is 6.89. The van der Waals surface area contributed by atoms with E-state index in [1.54, 1.807) is 13.0 Å². The monoisotopic (exact) mass is 156 g/mol. The van der Waals surface area contributed by atoms with Gasteiger partial charge in [0.2, 0.25) is 5.91 Å². The van der Waals surface area contributed by atoms with Gasteiger partial charge in [-0.15, -0.1) is 0 Å². The van der Waals surface area contributed by atoms with E-state index in [4.69, 9.17) is 0 Å². The molecule has 0 fully saturated rings. The minimum Gasteiger partial charge on any atom is -0.354 e. The first-order valence-corrected chi connectivity index (χ1v) is 3.27. The molecule has 0 aliphatic rings. The van der Waals surface area contributed by atoms with Crippen LogP contribution in [0.5, 0.6) is 0 Å². The smallest absolute Gasteiger partial charge is 0.267 e. The second kappa shape index (κ2) is 4.49. The number of carbonyl (C=O) groups is 2. The van der Waals surface area contributed by atoms with Crippen molar-refractivity contribution in [1.82, 2.24) is 10.6 Å². The van der Waals surface area contributed by atoms with Gasteiger partial charge in [-0.2, -0.15) is 0 Å². The Labute approximate surface area is 65.7 Å². The molecule has 0 aromatic rings. The van der Waals surface area contributed by atoms with E-state index in [-0.39, 0.29) is 17.5 Å². The van der Waals surface area contributed by atoms with Crippen LogP contribution in [0.1, 0.15) is 13.8 Å². The molecule has 2 N–H and O–H groups in total. The fraction of sp³-hybridized carbons (Fsp3) is 0.429.